The molecule has 2 aliphatic rings. The highest BCUT2D eigenvalue weighted by Crippen LogP contribution is 2.36. The van der Waals surface area contributed by atoms with Crippen LogP contribution in [0.3, 0.4) is 0 Å². The molecule has 3 heterocycles. The summed E-state index contributed by atoms with van der Waals surface area (Å²) in [7, 11) is 0. The van der Waals surface area contributed by atoms with E-state index in [0.29, 0.717) is 54.9 Å². The quantitative estimate of drug-likeness (QED) is 0.127. The molecule has 7 rings (SSSR count). The number of benzene rings is 2. The third-order valence-electron chi connectivity index (χ3n) is 9.50. The number of aliphatic hydroxyl groups is 2. The molecule has 4 atom stereocenters. The van der Waals surface area contributed by atoms with Gasteiger partial charge in [-0.3, -0.25) is 4.79 Å². The minimum Gasteiger partial charge on any atom is -0.388 e. The lowest BCUT2D eigenvalue weighted by Gasteiger charge is -2.20. The Hall–Kier alpha value is -4.81. The molecule has 0 aliphatic heterocycles. The lowest BCUT2D eigenvalue weighted by molar-refractivity contribution is -0.123. The van der Waals surface area contributed by atoms with Crippen LogP contribution in [-0.4, -0.2) is 76.5 Å². The van der Waals surface area contributed by atoms with E-state index in [9.17, 15) is 15.0 Å². The summed E-state index contributed by atoms with van der Waals surface area (Å²) in [4.78, 5) is 31.5. The monoisotopic (exact) mass is 649 g/mol. The zero-order valence-electron chi connectivity index (χ0n) is 27.3. The van der Waals surface area contributed by atoms with Gasteiger partial charge in [0.1, 0.15) is 12.2 Å². The highest BCUT2D eigenvalue weighted by atomic mass is 16.3. The number of rotatable bonds is 13. The van der Waals surface area contributed by atoms with Gasteiger partial charge in [0, 0.05) is 43.6 Å². The van der Waals surface area contributed by atoms with Gasteiger partial charge in [-0.1, -0.05) is 60.7 Å². The Labute approximate surface area is 279 Å². The van der Waals surface area contributed by atoms with Crippen molar-refractivity contribution >= 4 is 28.8 Å². The zero-order chi connectivity index (χ0) is 33.2. The maximum absolute atomic E-state index is 12.5. The SMILES string of the molecule is CC(C)n1cnc(CCNc2nc(NCC(c3ccccc3)c3ccccc3)c3ncn(C4C[C@H](NC(=O)C5CC5)[C@@H](O)[C@H]4O)c3n2)c1. The number of imidazole rings is 2. The molecule has 2 fully saturated rings. The number of anilines is 2. The first-order chi connectivity index (χ1) is 23.4. The van der Waals surface area contributed by atoms with Gasteiger partial charge in [0.05, 0.1) is 30.4 Å². The normalized spacial score (nSPS) is 20.9. The van der Waals surface area contributed by atoms with E-state index in [2.05, 4.69) is 69.8 Å². The molecule has 2 aromatic carbocycles. The molecule has 3 aromatic heterocycles. The largest absolute Gasteiger partial charge is 0.388 e. The van der Waals surface area contributed by atoms with Crippen molar-refractivity contribution < 1.29 is 15.0 Å². The van der Waals surface area contributed by atoms with Gasteiger partial charge in [-0.15, -0.1) is 0 Å². The van der Waals surface area contributed by atoms with Crippen molar-refractivity contribution in [2.24, 2.45) is 5.92 Å². The average molecular weight is 650 g/mol. The molecule has 0 bridgehead atoms. The first kappa shape index (κ1) is 31.8. The molecule has 0 saturated heterocycles. The molecule has 0 spiro atoms. The van der Waals surface area contributed by atoms with Crippen LogP contribution in [0.15, 0.2) is 79.5 Å². The Kier molecular flexibility index (Phi) is 9.09. The third-order valence-corrected chi connectivity index (χ3v) is 9.50. The lowest BCUT2D eigenvalue weighted by Crippen LogP contribution is -2.43. The van der Waals surface area contributed by atoms with Crippen LogP contribution in [0.5, 0.6) is 0 Å². The Morgan fingerprint density at radius 1 is 0.917 bits per heavy atom. The van der Waals surface area contributed by atoms with Crippen LogP contribution in [0, 0.1) is 5.92 Å². The number of nitrogens with zero attached hydrogens (tertiary/aromatic N) is 6. The van der Waals surface area contributed by atoms with Crippen molar-refractivity contribution in [1.29, 1.82) is 0 Å². The summed E-state index contributed by atoms with van der Waals surface area (Å²) >= 11 is 0. The van der Waals surface area contributed by atoms with E-state index in [-0.39, 0.29) is 17.7 Å². The second-order valence-electron chi connectivity index (χ2n) is 13.2. The van der Waals surface area contributed by atoms with Crippen LogP contribution in [-0.2, 0) is 11.2 Å². The molecular weight excluding hydrogens is 606 g/mol. The van der Waals surface area contributed by atoms with Crippen LogP contribution >= 0.6 is 0 Å². The minimum atomic E-state index is -1.11. The fraction of sp³-hybridized carbons (Fsp3) is 0.417. The molecule has 12 nitrogen and oxygen atoms in total. The Morgan fingerprint density at radius 3 is 2.27 bits per heavy atom. The predicted molar refractivity (Wildman–Crippen MR) is 184 cm³/mol. The first-order valence-electron chi connectivity index (χ1n) is 16.9. The fourth-order valence-electron chi connectivity index (χ4n) is 6.53. The highest BCUT2D eigenvalue weighted by molar-refractivity contribution is 5.84. The molecule has 48 heavy (non-hydrogen) atoms. The maximum Gasteiger partial charge on any atom is 0.226 e. The number of hydrogen-bond donors (Lipinski definition) is 5. The summed E-state index contributed by atoms with van der Waals surface area (Å²) in [5, 5.41) is 32.0. The highest BCUT2D eigenvalue weighted by Gasteiger charge is 2.45. The van der Waals surface area contributed by atoms with Gasteiger partial charge >= 0.3 is 0 Å². The van der Waals surface area contributed by atoms with E-state index in [0.717, 1.165) is 18.5 Å². The molecule has 2 saturated carbocycles. The summed E-state index contributed by atoms with van der Waals surface area (Å²) in [5.41, 5.74) is 4.41. The topological polar surface area (TPSA) is 155 Å². The van der Waals surface area contributed by atoms with Crippen LogP contribution < -0.4 is 16.0 Å². The van der Waals surface area contributed by atoms with Crippen LogP contribution in [0.4, 0.5) is 11.8 Å². The molecule has 250 valence electrons. The van der Waals surface area contributed by atoms with Crippen molar-refractivity contribution in [2.45, 2.75) is 75.8 Å². The van der Waals surface area contributed by atoms with E-state index >= 15 is 0 Å². The van der Waals surface area contributed by atoms with Gasteiger partial charge in [-0.2, -0.15) is 9.97 Å². The van der Waals surface area contributed by atoms with Crippen molar-refractivity contribution in [3.63, 3.8) is 0 Å². The Bertz CT molecular complexity index is 1800. The van der Waals surface area contributed by atoms with Gasteiger partial charge in [0.25, 0.3) is 0 Å². The molecule has 5 aromatic rings. The number of aromatic nitrogens is 6. The zero-order valence-corrected chi connectivity index (χ0v) is 27.3. The summed E-state index contributed by atoms with van der Waals surface area (Å²) in [6.45, 7) is 5.35. The summed E-state index contributed by atoms with van der Waals surface area (Å²) < 4.78 is 3.89. The van der Waals surface area contributed by atoms with E-state index in [4.69, 9.17) is 15.0 Å². The number of amides is 1. The van der Waals surface area contributed by atoms with E-state index < -0.39 is 24.3 Å². The molecule has 2 aliphatic carbocycles. The fourth-order valence-corrected chi connectivity index (χ4v) is 6.53. The molecule has 1 unspecified atom stereocenters. The molecule has 5 N–H and O–H groups in total. The Balaban J connectivity index is 1.18. The van der Waals surface area contributed by atoms with Gasteiger partial charge in [-0.25, -0.2) is 9.97 Å². The Morgan fingerprint density at radius 2 is 1.62 bits per heavy atom. The predicted octanol–water partition coefficient (Wildman–Crippen LogP) is 4.06. The lowest BCUT2D eigenvalue weighted by atomic mass is 9.91. The van der Waals surface area contributed by atoms with Crippen molar-refractivity contribution in [2.75, 3.05) is 23.7 Å². The van der Waals surface area contributed by atoms with Gasteiger partial charge in [0.15, 0.2) is 17.0 Å². The molecule has 12 heteroatoms. The molecule has 0 radical (unpaired) electrons. The summed E-state index contributed by atoms with van der Waals surface area (Å²) in [5.74, 6) is 0.973. The van der Waals surface area contributed by atoms with Gasteiger partial charge < -0.3 is 35.3 Å². The molecule has 1 amide bonds. The standard InChI is InChI=1S/C36H43N9O3/c1-22(2)44-19-26(39-20-44)15-16-37-36-42-33(38-18-27(23-9-5-3-6-10-23)24-11-7-4-8-12-24)30-34(43-36)45(21-40-30)29-17-28(31(46)32(29)47)41-35(48)25-13-14-25/h3-12,19-22,25,27-29,31-32,46-47H,13-18H2,1-2H3,(H,41,48)(H2,37,38,42,43)/t28-,29?,31+,32-/m0/s1. The number of nitrogens with one attached hydrogen (secondary N) is 3. The number of carbonyl (C=O) groups is 1. The second kappa shape index (κ2) is 13.7. The van der Waals surface area contributed by atoms with E-state index in [1.165, 1.54) is 11.1 Å². The average Bonchev–Trinajstić information content (AvgIpc) is 3.60. The first-order valence-corrected chi connectivity index (χ1v) is 16.9. The molecular formula is C36H43N9O3. The van der Waals surface area contributed by atoms with Gasteiger partial charge in [-0.05, 0) is 44.2 Å². The second-order valence-corrected chi connectivity index (χ2v) is 13.2. The number of carbonyl (C=O) groups excluding carboxylic acids is 1. The van der Waals surface area contributed by atoms with E-state index in [1.54, 1.807) is 10.9 Å². The third kappa shape index (κ3) is 6.76. The van der Waals surface area contributed by atoms with Crippen LogP contribution in [0.25, 0.3) is 11.2 Å². The van der Waals surface area contributed by atoms with Crippen LogP contribution in [0.1, 0.15) is 67.9 Å². The van der Waals surface area contributed by atoms with E-state index in [1.807, 2.05) is 42.7 Å². The summed E-state index contributed by atoms with van der Waals surface area (Å²) in [6.07, 6.45) is 6.10. The van der Waals surface area contributed by atoms with Crippen molar-refractivity contribution in [1.82, 2.24) is 34.4 Å². The number of hydrogen-bond acceptors (Lipinski definition) is 9. The minimum absolute atomic E-state index is 0.00667. The smallest absolute Gasteiger partial charge is 0.226 e. The maximum atomic E-state index is 12.5. The summed E-state index contributed by atoms with van der Waals surface area (Å²) in [6, 6.07) is 20.0. The van der Waals surface area contributed by atoms with Gasteiger partial charge in [0.2, 0.25) is 11.9 Å². The number of aliphatic hydroxyl groups excluding tert-OH is 2. The van der Waals surface area contributed by atoms with Crippen molar-refractivity contribution in [3.8, 4) is 0 Å². The number of fused-ring (bicyclic) bond motifs is 1. The van der Waals surface area contributed by atoms with Crippen LogP contribution in [0.2, 0.25) is 0 Å². The van der Waals surface area contributed by atoms with Crippen molar-refractivity contribution in [3.05, 3.63) is 96.3 Å².